The number of halogens is 3. The molecule has 0 aromatic carbocycles. The molecule has 3 aromatic rings. The van der Waals surface area contributed by atoms with Crippen LogP contribution in [0.1, 0.15) is 17.6 Å². The Morgan fingerprint density at radius 2 is 2.07 bits per heavy atom. The molecule has 3 rings (SSSR count). The van der Waals surface area contributed by atoms with E-state index in [1.807, 2.05) is 14.0 Å². The van der Waals surface area contributed by atoms with Gasteiger partial charge in [-0.3, -0.25) is 9.67 Å². The molecule has 0 aliphatic rings. The number of thiazole rings is 1. The Hall–Kier alpha value is -2.96. The topological polar surface area (TPSA) is 105 Å². The fourth-order valence-electron chi connectivity index (χ4n) is 2.63. The molecular weight excluding hydrogens is 419 g/mol. The molecule has 9 nitrogen and oxygen atoms in total. The Morgan fingerprint density at radius 1 is 1.23 bits per heavy atom. The molecule has 0 aliphatic heterocycles. The minimum Gasteiger partial charge on any atom is -0.368 e. The first-order valence-electron chi connectivity index (χ1n) is 9.29. The van der Waals surface area contributed by atoms with Crippen molar-refractivity contribution in [2.45, 2.75) is 19.5 Å². The zero-order valence-corrected chi connectivity index (χ0v) is 17.3. The average Bonchev–Trinajstić information content (AvgIpc) is 3.33. The van der Waals surface area contributed by atoms with Gasteiger partial charge in [-0.1, -0.05) is 0 Å². The van der Waals surface area contributed by atoms with Gasteiger partial charge in [0.05, 0.1) is 16.6 Å². The number of aryl methyl sites for hydroxylation is 1. The lowest BCUT2D eigenvalue weighted by Gasteiger charge is -2.12. The molecular formula is C17H22F3N9S. The lowest BCUT2D eigenvalue weighted by Crippen LogP contribution is -2.39. The molecule has 0 spiro atoms. The summed E-state index contributed by atoms with van der Waals surface area (Å²) in [5, 5.41) is 16.0. The zero-order valence-electron chi connectivity index (χ0n) is 16.5. The van der Waals surface area contributed by atoms with E-state index >= 15 is 0 Å². The monoisotopic (exact) mass is 441 g/mol. The van der Waals surface area contributed by atoms with Crippen LogP contribution in [0.5, 0.6) is 0 Å². The van der Waals surface area contributed by atoms with Crippen molar-refractivity contribution >= 4 is 34.1 Å². The van der Waals surface area contributed by atoms with Crippen LogP contribution in [0.2, 0.25) is 0 Å². The summed E-state index contributed by atoms with van der Waals surface area (Å²) >= 11 is 0.993. The molecule has 0 bridgehead atoms. The van der Waals surface area contributed by atoms with Gasteiger partial charge in [-0.25, -0.2) is 15.0 Å². The predicted molar refractivity (Wildman–Crippen MR) is 110 cm³/mol. The van der Waals surface area contributed by atoms with Gasteiger partial charge < -0.3 is 16.0 Å². The Balaban J connectivity index is 1.48. The molecule has 0 saturated carbocycles. The van der Waals surface area contributed by atoms with Crippen LogP contribution in [0.4, 0.5) is 19.0 Å². The van der Waals surface area contributed by atoms with E-state index in [0.717, 1.165) is 27.8 Å². The molecule has 0 atom stereocenters. The van der Waals surface area contributed by atoms with Gasteiger partial charge in [-0.15, -0.1) is 11.3 Å². The number of guanidine groups is 1. The molecule has 0 radical (unpaired) electrons. The standard InChI is InChI=1S/C17H22F3N9S/c1-3-21-16(23-5-4-13-28-12(9-30-13)17(18,19)20)24-7-6-22-14-11-8-27-29(2)15(11)26-10-25-14/h8-10H,3-7H2,1-2H3,(H2,21,23,24)(H,22,25,26). The molecule has 3 aromatic heterocycles. The highest BCUT2D eigenvalue weighted by molar-refractivity contribution is 7.09. The second-order valence-corrected chi connectivity index (χ2v) is 7.16. The number of aliphatic imine (C=N–C) groups is 1. The van der Waals surface area contributed by atoms with E-state index in [2.05, 4.69) is 41.0 Å². The number of nitrogens with one attached hydrogen (secondary N) is 3. The lowest BCUT2D eigenvalue weighted by molar-refractivity contribution is -0.140. The third kappa shape index (κ3) is 5.55. The van der Waals surface area contributed by atoms with Crippen LogP contribution < -0.4 is 16.0 Å². The maximum absolute atomic E-state index is 12.6. The Bertz CT molecular complexity index is 996. The summed E-state index contributed by atoms with van der Waals surface area (Å²) in [7, 11) is 1.81. The number of nitrogens with zero attached hydrogens (tertiary/aromatic N) is 6. The Kier molecular flexibility index (Phi) is 7.03. The fourth-order valence-corrected chi connectivity index (χ4v) is 3.42. The maximum Gasteiger partial charge on any atom is 0.434 e. The molecule has 30 heavy (non-hydrogen) atoms. The second kappa shape index (κ2) is 9.69. The summed E-state index contributed by atoms with van der Waals surface area (Å²) in [6, 6.07) is 0. The van der Waals surface area contributed by atoms with Crippen LogP contribution in [-0.2, 0) is 19.6 Å². The number of aromatic nitrogens is 5. The number of hydrogen-bond donors (Lipinski definition) is 3. The number of anilines is 1. The van der Waals surface area contributed by atoms with Gasteiger partial charge in [0.1, 0.15) is 12.1 Å². The quantitative estimate of drug-likeness (QED) is 0.279. The number of alkyl halides is 3. The second-order valence-electron chi connectivity index (χ2n) is 6.22. The van der Waals surface area contributed by atoms with Crippen LogP contribution in [0.3, 0.4) is 0 Å². The highest BCUT2D eigenvalue weighted by atomic mass is 32.1. The largest absolute Gasteiger partial charge is 0.434 e. The predicted octanol–water partition coefficient (Wildman–Crippen LogP) is 2.05. The van der Waals surface area contributed by atoms with E-state index in [0.29, 0.717) is 49.4 Å². The summed E-state index contributed by atoms with van der Waals surface area (Å²) in [6.45, 7) is 4.07. The van der Waals surface area contributed by atoms with E-state index in [9.17, 15) is 13.2 Å². The smallest absolute Gasteiger partial charge is 0.368 e. The van der Waals surface area contributed by atoms with Gasteiger partial charge >= 0.3 is 6.18 Å². The summed E-state index contributed by atoms with van der Waals surface area (Å²) in [5.74, 6) is 1.28. The highest BCUT2D eigenvalue weighted by Gasteiger charge is 2.33. The van der Waals surface area contributed by atoms with Gasteiger partial charge in [-0.05, 0) is 6.92 Å². The van der Waals surface area contributed by atoms with Crippen molar-refractivity contribution in [1.82, 2.24) is 35.4 Å². The average molecular weight is 441 g/mol. The first-order valence-corrected chi connectivity index (χ1v) is 10.2. The van der Waals surface area contributed by atoms with E-state index in [1.165, 1.54) is 6.33 Å². The van der Waals surface area contributed by atoms with Crippen molar-refractivity contribution in [3.8, 4) is 0 Å². The summed E-state index contributed by atoms with van der Waals surface area (Å²) in [6.07, 6.45) is -0.879. The normalized spacial score (nSPS) is 12.4. The number of rotatable bonds is 8. The molecule has 3 heterocycles. The molecule has 0 fully saturated rings. The Morgan fingerprint density at radius 3 is 2.80 bits per heavy atom. The Labute approximate surface area is 174 Å². The van der Waals surface area contributed by atoms with Crippen molar-refractivity contribution in [3.05, 3.63) is 28.6 Å². The lowest BCUT2D eigenvalue weighted by atomic mass is 10.4. The molecule has 0 aliphatic carbocycles. The van der Waals surface area contributed by atoms with Gasteiger partial charge in [0, 0.05) is 45.0 Å². The van der Waals surface area contributed by atoms with Crippen molar-refractivity contribution in [2.24, 2.45) is 12.0 Å². The number of hydrogen-bond acceptors (Lipinski definition) is 7. The minimum atomic E-state index is -4.41. The molecule has 3 N–H and O–H groups in total. The van der Waals surface area contributed by atoms with Crippen LogP contribution in [0.15, 0.2) is 22.9 Å². The molecule has 0 unspecified atom stereocenters. The minimum absolute atomic E-state index is 0.329. The molecule has 0 saturated heterocycles. The van der Waals surface area contributed by atoms with Crippen molar-refractivity contribution in [3.63, 3.8) is 0 Å². The molecule has 162 valence electrons. The van der Waals surface area contributed by atoms with Crippen LogP contribution in [0, 0.1) is 0 Å². The third-order valence-corrected chi connectivity index (χ3v) is 4.93. The van der Waals surface area contributed by atoms with Gasteiger partial charge in [-0.2, -0.15) is 18.3 Å². The van der Waals surface area contributed by atoms with Crippen LogP contribution >= 0.6 is 11.3 Å². The summed E-state index contributed by atoms with van der Waals surface area (Å²) in [4.78, 5) is 16.4. The first-order chi connectivity index (χ1) is 14.4. The van der Waals surface area contributed by atoms with E-state index in [4.69, 9.17) is 0 Å². The van der Waals surface area contributed by atoms with Gasteiger partial charge in [0.2, 0.25) is 0 Å². The SMILES string of the molecule is CCNC(=NCCc1nc(C(F)(F)F)cs1)NCCNc1ncnc2c1cnn2C. The first kappa shape index (κ1) is 21.7. The van der Waals surface area contributed by atoms with Crippen molar-refractivity contribution in [2.75, 3.05) is 31.5 Å². The molecule has 0 amide bonds. The van der Waals surface area contributed by atoms with Crippen molar-refractivity contribution < 1.29 is 13.2 Å². The zero-order chi connectivity index (χ0) is 21.6. The number of fused-ring (bicyclic) bond motifs is 1. The highest BCUT2D eigenvalue weighted by Crippen LogP contribution is 2.30. The van der Waals surface area contributed by atoms with Gasteiger partial charge in [0.25, 0.3) is 0 Å². The van der Waals surface area contributed by atoms with Crippen LogP contribution in [0.25, 0.3) is 11.0 Å². The van der Waals surface area contributed by atoms with Gasteiger partial charge in [0.15, 0.2) is 17.3 Å². The van der Waals surface area contributed by atoms with E-state index < -0.39 is 11.9 Å². The van der Waals surface area contributed by atoms with Crippen LogP contribution in [-0.4, -0.2) is 56.9 Å². The van der Waals surface area contributed by atoms with E-state index in [-0.39, 0.29) is 0 Å². The summed E-state index contributed by atoms with van der Waals surface area (Å²) < 4.78 is 39.5. The third-order valence-electron chi connectivity index (χ3n) is 4.02. The fraction of sp³-hybridized carbons (Fsp3) is 0.471. The molecule has 13 heteroatoms. The van der Waals surface area contributed by atoms with Crippen molar-refractivity contribution in [1.29, 1.82) is 0 Å². The van der Waals surface area contributed by atoms with E-state index in [1.54, 1.807) is 10.9 Å². The maximum atomic E-state index is 12.6. The summed E-state index contributed by atoms with van der Waals surface area (Å²) in [5.41, 5.74) is -0.110.